The van der Waals surface area contributed by atoms with E-state index >= 15 is 0 Å². The minimum atomic E-state index is -0.0420. The Morgan fingerprint density at radius 2 is 2.00 bits per heavy atom. The zero-order valence-corrected chi connectivity index (χ0v) is 15.0. The van der Waals surface area contributed by atoms with E-state index in [0.29, 0.717) is 38.8 Å². The molecule has 1 fully saturated rings. The fourth-order valence-corrected chi connectivity index (χ4v) is 3.08. The number of amides is 2. The lowest BCUT2D eigenvalue weighted by atomic mass is 9.95. The number of anilines is 1. The zero-order valence-electron chi connectivity index (χ0n) is 13.4. The van der Waals surface area contributed by atoms with Gasteiger partial charge in [0, 0.05) is 35.9 Å². The van der Waals surface area contributed by atoms with Crippen molar-refractivity contribution in [1.82, 2.24) is 4.90 Å². The van der Waals surface area contributed by atoms with Gasteiger partial charge in [-0.15, -0.1) is 0 Å². The van der Waals surface area contributed by atoms with Crippen LogP contribution < -0.4 is 11.1 Å². The van der Waals surface area contributed by atoms with Gasteiger partial charge in [-0.2, -0.15) is 0 Å². The first-order valence-electron chi connectivity index (χ1n) is 8.06. The maximum absolute atomic E-state index is 12.4. The van der Waals surface area contributed by atoms with E-state index in [1.807, 2.05) is 36.1 Å². The van der Waals surface area contributed by atoms with Crippen LogP contribution in [0.3, 0.4) is 0 Å². The molecule has 0 radical (unpaired) electrons. The summed E-state index contributed by atoms with van der Waals surface area (Å²) in [4.78, 5) is 26.3. The Kier molecular flexibility index (Phi) is 6.59. The van der Waals surface area contributed by atoms with Gasteiger partial charge in [0.05, 0.1) is 5.69 Å². The molecule has 0 saturated carbocycles. The van der Waals surface area contributed by atoms with Crippen LogP contribution in [-0.2, 0) is 9.59 Å². The number of rotatable bonds is 5. The van der Waals surface area contributed by atoms with Crippen molar-refractivity contribution in [2.45, 2.75) is 38.6 Å². The fourth-order valence-electron chi connectivity index (χ4n) is 2.70. The highest BCUT2D eigenvalue weighted by Crippen LogP contribution is 2.24. The molecule has 0 bridgehead atoms. The predicted octanol–water partition coefficient (Wildman–Crippen LogP) is 2.75. The van der Waals surface area contributed by atoms with Gasteiger partial charge in [0.15, 0.2) is 0 Å². The summed E-state index contributed by atoms with van der Waals surface area (Å²) >= 11 is 3.43. The molecule has 1 aromatic carbocycles. The lowest BCUT2D eigenvalue weighted by Crippen LogP contribution is -2.41. The Balaban J connectivity index is 1.81. The molecule has 2 rings (SSSR count). The number of hydrogen-bond acceptors (Lipinski definition) is 3. The summed E-state index contributed by atoms with van der Waals surface area (Å²) in [6, 6.07) is 7.61. The van der Waals surface area contributed by atoms with Crippen LogP contribution in [0.1, 0.15) is 32.6 Å². The van der Waals surface area contributed by atoms with Crippen LogP contribution in [0.15, 0.2) is 28.7 Å². The molecule has 1 saturated heterocycles. The Morgan fingerprint density at radius 1 is 1.35 bits per heavy atom. The Bertz CT molecular complexity index is 555. The number of para-hydroxylation sites is 1. The monoisotopic (exact) mass is 381 g/mol. The standard InChI is InChI=1S/C17H24BrN3O2/c1-12(19)6-7-16(22)21-10-8-13(9-11-21)17(23)20-15-5-3-2-4-14(15)18/h2-5,12-13H,6-11,19H2,1H3,(H,20,23). The van der Waals surface area contributed by atoms with Gasteiger partial charge in [0.1, 0.15) is 0 Å². The first-order chi connectivity index (χ1) is 11.0. The summed E-state index contributed by atoms with van der Waals surface area (Å²) in [6.45, 7) is 3.20. The van der Waals surface area contributed by atoms with Gasteiger partial charge in [-0.25, -0.2) is 0 Å². The molecular weight excluding hydrogens is 358 g/mol. The van der Waals surface area contributed by atoms with Gasteiger partial charge >= 0.3 is 0 Å². The van der Waals surface area contributed by atoms with E-state index in [2.05, 4.69) is 21.2 Å². The van der Waals surface area contributed by atoms with E-state index in [4.69, 9.17) is 5.73 Å². The molecule has 1 atom stereocenters. The molecular formula is C17H24BrN3O2. The van der Waals surface area contributed by atoms with Crippen LogP contribution in [0, 0.1) is 5.92 Å². The molecule has 23 heavy (non-hydrogen) atoms. The Labute approximate surface area is 145 Å². The van der Waals surface area contributed by atoms with Crippen molar-refractivity contribution in [1.29, 1.82) is 0 Å². The number of nitrogens with two attached hydrogens (primary N) is 1. The van der Waals surface area contributed by atoms with Crippen LogP contribution in [0.25, 0.3) is 0 Å². The van der Waals surface area contributed by atoms with Crippen molar-refractivity contribution in [3.63, 3.8) is 0 Å². The number of benzene rings is 1. The molecule has 126 valence electrons. The molecule has 1 aliphatic heterocycles. The molecule has 1 unspecified atom stereocenters. The number of carbonyl (C=O) groups is 2. The highest BCUT2D eigenvalue weighted by molar-refractivity contribution is 9.10. The minimum absolute atomic E-state index is 0.0274. The summed E-state index contributed by atoms with van der Waals surface area (Å²) in [7, 11) is 0. The van der Waals surface area contributed by atoms with Gasteiger partial charge in [0.2, 0.25) is 11.8 Å². The van der Waals surface area contributed by atoms with Crippen molar-refractivity contribution in [2.24, 2.45) is 11.7 Å². The van der Waals surface area contributed by atoms with Crippen molar-refractivity contribution in [2.75, 3.05) is 18.4 Å². The van der Waals surface area contributed by atoms with E-state index in [-0.39, 0.29) is 23.8 Å². The summed E-state index contributed by atoms with van der Waals surface area (Å²) < 4.78 is 0.872. The molecule has 1 heterocycles. The maximum atomic E-state index is 12.4. The van der Waals surface area contributed by atoms with E-state index in [9.17, 15) is 9.59 Å². The van der Waals surface area contributed by atoms with Crippen LogP contribution in [0.2, 0.25) is 0 Å². The summed E-state index contributed by atoms with van der Waals surface area (Å²) in [5, 5.41) is 2.96. The second-order valence-corrected chi connectivity index (χ2v) is 6.99. The van der Waals surface area contributed by atoms with E-state index in [0.717, 1.165) is 10.2 Å². The lowest BCUT2D eigenvalue weighted by molar-refractivity contribution is -0.134. The molecule has 2 amide bonds. The number of nitrogens with zero attached hydrogens (tertiary/aromatic N) is 1. The maximum Gasteiger partial charge on any atom is 0.227 e. The molecule has 0 aliphatic carbocycles. The van der Waals surface area contributed by atoms with Gasteiger partial charge in [-0.1, -0.05) is 12.1 Å². The molecule has 1 aliphatic rings. The third-order valence-electron chi connectivity index (χ3n) is 4.16. The van der Waals surface area contributed by atoms with Crippen molar-refractivity contribution >= 4 is 33.4 Å². The minimum Gasteiger partial charge on any atom is -0.343 e. The van der Waals surface area contributed by atoms with Gasteiger partial charge in [-0.05, 0) is 54.2 Å². The van der Waals surface area contributed by atoms with Crippen LogP contribution in [0.5, 0.6) is 0 Å². The average molecular weight is 382 g/mol. The van der Waals surface area contributed by atoms with Crippen molar-refractivity contribution < 1.29 is 9.59 Å². The van der Waals surface area contributed by atoms with Crippen LogP contribution in [-0.4, -0.2) is 35.8 Å². The van der Waals surface area contributed by atoms with E-state index < -0.39 is 0 Å². The fraction of sp³-hybridized carbons (Fsp3) is 0.529. The third-order valence-corrected chi connectivity index (χ3v) is 4.86. The Morgan fingerprint density at radius 3 is 2.61 bits per heavy atom. The van der Waals surface area contributed by atoms with Gasteiger partial charge < -0.3 is 16.0 Å². The number of piperidine rings is 1. The number of nitrogens with one attached hydrogen (secondary N) is 1. The highest BCUT2D eigenvalue weighted by atomic mass is 79.9. The van der Waals surface area contributed by atoms with Crippen molar-refractivity contribution in [3.05, 3.63) is 28.7 Å². The zero-order chi connectivity index (χ0) is 16.8. The largest absolute Gasteiger partial charge is 0.343 e. The number of carbonyl (C=O) groups excluding carboxylic acids is 2. The summed E-state index contributed by atoms with van der Waals surface area (Å²) in [5.74, 6) is 0.131. The molecule has 0 aromatic heterocycles. The molecule has 0 spiro atoms. The smallest absolute Gasteiger partial charge is 0.227 e. The predicted molar refractivity (Wildman–Crippen MR) is 95.0 cm³/mol. The van der Waals surface area contributed by atoms with Gasteiger partial charge in [0.25, 0.3) is 0 Å². The SMILES string of the molecule is CC(N)CCC(=O)N1CCC(C(=O)Nc2ccccc2Br)CC1. The lowest BCUT2D eigenvalue weighted by Gasteiger charge is -2.31. The topological polar surface area (TPSA) is 75.4 Å². The van der Waals surface area contributed by atoms with Crippen LogP contribution in [0.4, 0.5) is 5.69 Å². The number of hydrogen-bond donors (Lipinski definition) is 2. The normalized spacial score (nSPS) is 16.9. The highest BCUT2D eigenvalue weighted by Gasteiger charge is 2.27. The quantitative estimate of drug-likeness (QED) is 0.822. The first-order valence-corrected chi connectivity index (χ1v) is 8.85. The van der Waals surface area contributed by atoms with E-state index in [1.54, 1.807) is 0 Å². The number of likely N-dealkylation sites (tertiary alicyclic amines) is 1. The molecule has 3 N–H and O–H groups in total. The average Bonchev–Trinajstić information content (AvgIpc) is 2.54. The van der Waals surface area contributed by atoms with Crippen LogP contribution >= 0.6 is 15.9 Å². The molecule has 5 nitrogen and oxygen atoms in total. The summed E-state index contributed by atoms with van der Waals surface area (Å²) in [5.41, 5.74) is 6.48. The van der Waals surface area contributed by atoms with E-state index in [1.165, 1.54) is 0 Å². The molecule has 6 heteroatoms. The summed E-state index contributed by atoms with van der Waals surface area (Å²) in [6.07, 6.45) is 2.62. The number of halogens is 1. The third kappa shape index (κ3) is 5.32. The van der Waals surface area contributed by atoms with Gasteiger partial charge in [-0.3, -0.25) is 9.59 Å². The first kappa shape index (κ1) is 17.9. The Hall–Kier alpha value is -1.40. The molecule has 1 aromatic rings. The second-order valence-electron chi connectivity index (χ2n) is 6.14. The van der Waals surface area contributed by atoms with Crippen molar-refractivity contribution in [3.8, 4) is 0 Å². The second kappa shape index (κ2) is 8.45.